The average molecular weight is 147 g/mol. The van der Waals surface area contributed by atoms with Crippen molar-refractivity contribution in [3.8, 4) is 0 Å². The first-order valence-electron chi connectivity index (χ1n) is 3.36. The Morgan fingerprint density at radius 3 is 2.67 bits per heavy atom. The second-order valence-corrected chi connectivity index (χ2v) is 2.78. The predicted molar refractivity (Wildman–Crippen MR) is 42.4 cm³/mol. The molecule has 0 bridgehead atoms. The molecule has 0 heterocycles. The molecule has 2 nitrogen and oxygen atoms in total. The number of unbranched alkanes of at least 4 members (excludes halogenated alkanes) is 3. The molecule has 0 aromatic carbocycles. The lowest BCUT2D eigenvalue weighted by molar-refractivity contribution is 0.706. The molecule has 0 spiro atoms. The normalized spacial score (nSPS) is 9.44. The summed E-state index contributed by atoms with van der Waals surface area (Å²) in [5, 5.41) is 0. The van der Waals surface area contributed by atoms with Crippen molar-refractivity contribution in [3.63, 3.8) is 0 Å². The van der Waals surface area contributed by atoms with E-state index in [1.165, 1.54) is 19.3 Å². The van der Waals surface area contributed by atoms with Gasteiger partial charge < -0.3 is 0 Å². The second kappa shape index (κ2) is 7.95. The Bertz CT molecular complexity index is 68.1. The van der Waals surface area contributed by atoms with Crippen molar-refractivity contribution in [2.75, 3.05) is 5.75 Å². The van der Waals surface area contributed by atoms with Crippen molar-refractivity contribution in [3.05, 3.63) is 4.91 Å². The van der Waals surface area contributed by atoms with Crippen LogP contribution in [-0.4, -0.2) is 5.75 Å². The zero-order chi connectivity index (χ0) is 6.95. The summed E-state index contributed by atoms with van der Waals surface area (Å²) in [4.78, 5) is 9.55. The molecular weight excluding hydrogens is 134 g/mol. The van der Waals surface area contributed by atoms with Gasteiger partial charge in [0.15, 0.2) is 0 Å². The third-order valence-corrected chi connectivity index (χ3v) is 1.72. The van der Waals surface area contributed by atoms with Crippen molar-refractivity contribution in [1.29, 1.82) is 0 Å². The van der Waals surface area contributed by atoms with Gasteiger partial charge in [0.1, 0.15) is 0 Å². The Balaban J connectivity index is 2.66. The highest BCUT2D eigenvalue weighted by Gasteiger charge is 1.87. The molecule has 0 N–H and O–H groups in total. The third kappa shape index (κ3) is 7.95. The Labute approximate surface area is 60.5 Å². The molecule has 54 valence electrons. The van der Waals surface area contributed by atoms with Crippen LogP contribution in [0, 0.1) is 4.91 Å². The van der Waals surface area contributed by atoms with Crippen molar-refractivity contribution in [1.82, 2.24) is 0 Å². The number of nitrogens with zero attached hydrogens (tertiary/aromatic N) is 1. The van der Waals surface area contributed by atoms with Gasteiger partial charge in [-0.3, -0.25) is 0 Å². The lowest BCUT2D eigenvalue weighted by atomic mass is 10.2. The van der Waals surface area contributed by atoms with Crippen LogP contribution in [0.2, 0.25) is 0 Å². The summed E-state index contributed by atoms with van der Waals surface area (Å²) in [5.74, 6) is 0.892. The second-order valence-electron chi connectivity index (χ2n) is 1.97. The fraction of sp³-hybridized carbons (Fsp3) is 1.00. The van der Waals surface area contributed by atoms with Gasteiger partial charge in [0.05, 0.1) is 0 Å². The molecule has 0 atom stereocenters. The summed E-state index contributed by atoms with van der Waals surface area (Å²) in [5.41, 5.74) is 0. The van der Waals surface area contributed by atoms with Crippen LogP contribution in [0.1, 0.15) is 32.6 Å². The Kier molecular flexibility index (Phi) is 7.91. The quantitative estimate of drug-likeness (QED) is 0.328. The number of hydrogen-bond acceptors (Lipinski definition) is 3. The minimum atomic E-state index is 0.892. The van der Waals surface area contributed by atoms with Crippen LogP contribution in [0.4, 0.5) is 0 Å². The summed E-state index contributed by atoms with van der Waals surface area (Å²) in [6, 6.07) is 0. The van der Waals surface area contributed by atoms with Gasteiger partial charge in [0.25, 0.3) is 0 Å². The highest BCUT2D eigenvalue weighted by Crippen LogP contribution is 2.06. The first-order valence-corrected chi connectivity index (χ1v) is 4.30. The van der Waals surface area contributed by atoms with Crippen LogP contribution in [0.3, 0.4) is 0 Å². The summed E-state index contributed by atoms with van der Waals surface area (Å²) in [7, 11) is 0. The van der Waals surface area contributed by atoms with Crippen molar-refractivity contribution in [2.24, 2.45) is 4.58 Å². The van der Waals surface area contributed by atoms with E-state index >= 15 is 0 Å². The van der Waals surface area contributed by atoms with E-state index in [1.807, 2.05) is 0 Å². The van der Waals surface area contributed by atoms with E-state index in [9.17, 15) is 4.91 Å². The molecule has 3 heteroatoms. The molecule has 0 rings (SSSR count). The molecule has 0 aliphatic carbocycles. The van der Waals surface area contributed by atoms with Gasteiger partial charge in [0.2, 0.25) is 0 Å². The lowest BCUT2D eigenvalue weighted by Gasteiger charge is -1.92. The molecule has 0 amide bonds. The van der Waals surface area contributed by atoms with E-state index in [4.69, 9.17) is 0 Å². The highest BCUT2D eigenvalue weighted by molar-refractivity contribution is 7.97. The maximum absolute atomic E-state index is 9.55. The van der Waals surface area contributed by atoms with Crippen LogP contribution >= 0.6 is 11.9 Å². The van der Waals surface area contributed by atoms with Crippen LogP contribution in [0.15, 0.2) is 4.58 Å². The summed E-state index contributed by atoms with van der Waals surface area (Å²) >= 11 is 1.13. The minimum Gasteiger partial charge on any atom is -0.137 e. The van der Waals surface area contributed by atoms with Crippen LogP contribution in [0.5, 0.6) is 0 Å². The first kappa shape index (κ1) is 8.95. The smallest absolute Gasteiger partial charge is 0.0203 e. The standard InChI is InChI=1S/C6H13NOS/c1-2-3-4-5-6-9-7-8/h2-6H2,1H3. The Morgan fingerprint density at radius 1 is 1.33 bits per heavy atom. The average Bonchev–Trinajstić information content (AvgIpc) is 1.89. The Morgan fingerprint density at radius 2 is 2.11 bits per heavy atom. The third-order valence-electron chi connectivity index (χ3n) is 1.14. The van der Waals surface area contributed by atoms with Crippen LogP contribution in [-0.2, 0) is 0 Å². The summed E-state index contributed by atoms with van der Waals surface area (Å²) in [6.45, 7) is 2.17. The largest absolute Gasteiger partial charge is 0.137 e. The SMILES string of the molecule is CCCCCCSN=O. The molecule has 0 fully saturated rings. The molecule has 0 aromatic rings. The molecule has 0 saturated heterocycles. The Hall–Kier alpha value is -0.0500. The molecule has 0 radical (unpaired) electrons. The lowest BCUT2D eigenvalue weighted by Crippen LogP contribution is -1.77. The zero-order valence-corrected chi connectivity index (χ0v) is 6.62. The molecule has 0 aromatic heterocycles. The minimum absolute atomic E-state index is 0.892. The number of hydrogen-bond donors (Lipinski definition) is 0. The van der Waals surface area contributed by atoms with Crippen LogP contribution in [0.25, 0.3) is 0 Å². The van der Waals surface area contributed by atoms with E-state index in [0.29, 0.717) is 0 Å². The summed E-state index contributed by atoms with van der Waals surface area (Å²) in [6.07, 6.45) is 4.89. The van der Waals surface area contributed by atoms with Crippen molar-refractivity contribution >= 4 is 11.9 Å². The number of rotatable bonds is 6. The van der Waals surface area contributed by atoms with Crippen molar-refractivity contribution < 1.29 is 0 Å². The molecule has 0 saturated carbocycles. The van der Waals surface area contributed by atoms with Crippen LogP contribution < -0.4 is 0 Å². The fourth-order valence-electron chi connectivity index (χ4n) is 0.631. The highest BCUT2D eigenvalue weighted by atomic mass is 32.2. The van der Waals surface area contributed by atoms with Gasteiger partial charge in [-0.05, 0) is 6.42 Å². The predicted octanol–water partition coefficient (Wildman–Crippen LogP) is 2.98. The molecule has 0 aliphatic heterocycles. The molecule has 9 heavy (non-hydrogen) atoms. The van der Waals surface area contributed by atoms with E-state index < -0.39 is 0 Å². The molecule has 0 aliphatic rings. The van der Waals surface area contributed by atoms with Crippen molar-refractivity contribution in [2.45, 2.75) is 32.6 Å². The van der Waals surface area contributed by atoms with E-state index in [-0.39, 0.29) is 0 Å². The fourth-order valence-corrected chi connectivity index (χ4v) is 1.04. The van der Waals surface area contributed by atoms with Gasteiger partial charge in [0, 0.05) is 22.3 Å². The maximum atomic E-state index is 9.55. The zero-order valence-electron chi connectivity index (χ0n) is 5.80. The van der Waals surface area contributed by atoms with Gasteiger partial charge in [-0.15, -0.1) is 4.91 Å². The number of nitroso groups, excluding NO2 is 1. The van der Waals surface area contributed by atoms with E-state index in [1.54, 1.807) is 0 Å². The van der Waals surface area contributed by atoms with Gasteiger partial charge in [-0.1, -0.05) is 26.2 Å². The van der Waals surface area contributed by atoms with E-state index in [2.05, 4.69) is 11.5 Å². The maximum Gasteiger partial charge on any atom is 0.0203 e. The van der Waals surface area contributed by atoms with Gasteiger partial charge in [-0.2, -0.15) is 0 Å². The molecular formula is C6H13NOS. The van der Waals surface area contributed by atoms with Gasteiger partial charge in [-0.25, -0.2) is 0 Å². The first-order chi connectivity index (χ1) is 4.41. The molecule has 0 unspecified atom stereocenters. The topological polar surface area (TPSA) is 29.4 Å². The van der Waals surface area contributed by atoms with Gasteiger partial charge >= 0.3 is 0 Å². The monoisotopic (exact) mass is 147 g/mol. The summed E-state index contributed by atoms with van der Waals surface area (Å²) < 4.78 is 2.70. The van der Waals surface area contributed by atoms with E-state index in [0.717, 1.165) is 24.1 Å².